The molecule has 2 aromatic rings. The van der Waals surface area contributed by atoms with E-state index in [-0.39, 0.29) is 0 Å². The number of nitrogen functional groups attached to an aromatic ring is 1. The van der Waals surface area contributed by atoms with Crippen molar-refractivity contribution in [1.82, 2.24) is 0 Å². The number of anilines is 1. The Kier molecular flexibility index (Phi) is 2.75. The average molecular weight is 219 g/mol. The smallest absolute Gasteiger partial charge is 0.0854 e. The largest absolute Gasteiger partial charge is 0.399 e. The van der Waals surface area contributed by atoms with E-state index in [1.807, 2.05) is 36.4 Å². The van der Waals surface area contributed by atoms with Crippen LogP contribution in [0, 0.1) is 0 Å². The van der Waals surface area contributed by atoms with Gasteiger partial charge in [-0.25, -0.2) is 0 Å². The molecule has 0 radical (unpaired) electrons. The van der Waals surface area contributed by atoms with Crippen LogP contribution < -0.4 is 5.73 Å². The Bertz CT molecular complexity index is 462. The highest BCUT2D eigenvalue weighted by molar-refractivity contribution is 7.15. The highest BCUT2D eigenvalue weighted by atomic mass is 32.1. The second-order valence-electron chi connectivity index (χ2n) is 3.50. The third kappa shape index (κ3) is 2.19. The van der Waals surface area contributed by atoms with Gasteiger partial charge in [0.05, 0.1) is 6.10 Å². The molecule has 0 bridgehead atoms. The zero-order valence-electron chi connectivity index (χ0n) is 8.47. The molecule has 78 valence electrons. The van der Waals surface area contributed by atoms with Crippen molar-refractivity contribution in [2.75, 3.05) is 5.73 Å². The Balaban J connectivity index is 2.37. The molecule has 0 aliphatic carbocycles. The van der Waals surface area contributed by atoms with E-state index in [9.17, 15) is 5.11 Å². The Labute approximate surface area is 93.0 Å². The molecule has 0 aliphatic rings. The van der Waals surface area contributed by atoms with Gasteiger partial charge in [-0.1, -0.05) is 12.1 Å². The van der Waals surface area contributed by atoms with Gasteiger partial charge in [-0.2, -0.15) is 0 Å². The number of nitrogens with two attached hydrogens (primary N) is 1. The molecule has 0 fully saturated rings. The van der Waals surface area contributed by atoms with Crippen LogP contribution in [0.3, 0.4) is 0 Å². The first-order chi connectivity index (χ1) is 7.16. The maximum Gasteiger partial charge on any atom is 0.0854 e. The summed E-state index contributed by atoms with van der Waals surface area (Å²) in [6, 6.07) is 11.7. The van der Waals surface area contributed by atoms with Gasteiger partial charge in [0.25, 0.3) is 0 Å². The summed E-state index contributed by atoms with van der Waals surface area (Å²) >= 11 is 1.60. The lowest BCUT2D eigenvalue weighted by Gasteiger charge is -2.00. The number of aliphatic hydroxyl groups excluding tert-OH is 1. The maximum atomic E-state index is 9.42. The first-order valence-electron chi connectivity index (χ1n) is 4.80. The van der Waals surface area contributed by atoms with Gasteiger partial charge in [0.15, 0.2) is 0 Å². The van der Waals surface area contributed by atoms with E-state index in [4.69, 9.17) is 5.73 Å². The lowest BCUT2D eigenvalue weighted by atomic mass is 10.2. The summed E-state index contributed by atoms with van der Waals surface area (Å²) in [7, 11) is 0. The third-order valence-electron chi connectivity index (χ3n) is 2.21. The van der Waals surface area contributed by atoms with Gasteiger partial charge >= 0.3 is 0 Å². The van der Waals surface area contributed by atoms with Gasteiger partial charge in [-0.3, -0.25) is 0 Å². The van der Waals surface area contributed by atoms with Crippen LogP contribution in [0.5, 0.6) is 0 Å². The summed E-state index contributed by atoms with van der Waals surface area (Å²) in [6.45, 7) is 1.77. The summed E-state index contributed by atoms with van der Waals surface area (Å²) in [4.78, 5) is 2.12. The first kappa shape index (κ1) is 10.2. The molecular formula is C12H13NOS. The van der Waals surface area contributed by atoms with Crippen molar-refractivity contribution in [1.29, 1.82) is 0 Å². The van der Waals surface area contributed by atoms with Gasteiger partial charge in [0.1, 0.15) is 0 Å². The predicted octanol–water partition coefficient (Wildman–Crippen LogP) is 3.05. The zero-order chi connectivity index (χ0) is 10.8. The molecule has 3 N–H and O–H groups in total. The van der Waals surface area contributed by atoms with E-state index < -0.39 is 6.10 Å². The first-order valence-corrected chi connectivity index (χ1v) is 5.62. The van der Waals surface area contributed by atoms with Crippen molar-refractivity contribution in [3.8, 4) is 10.4 Å². The molecule has 0 saturated heterocycles. The fourth-order valence-electron chi connectivity index (χ4n) is 1.42. The van der Waals surface area contributed by atoms with Gasteiger partial charge in [0.2, 0.25) is 0 Å². The minimum Gasteiger partial charge on any atom is -0.399 e. The van der Waals surface area contributed by atoms with Crippen LogP contribution in [0.15, 0.2) is 36.4 Å². The standard InChI is InChI=1S/C12H13NOS/c1-8(14)11-5-6-12(15-11)9-3-2-4-10(13)7-9/h2-8,14H,13H2,1H3. The number of thiophene rings is 1. The molecule has 0 aliphatic heterocycles. The molecule has 0 amide bonds. The van der Waals surface area contributed by atoms with E-state index in [2.05, 4.69) is 0 Å². The van der Waals surface area contributed by atoms with E-state index in [0.717, 1.165) is 21.0 Å². The summed E-state index contributed by atoms with van der Waals surface area (Å²) < 4.78 is 0. The molecule has 1 heterocycles. The van der Waals surface area contributed by atoms with Gasteiger partial charge in [-0.05, 0) is 36.8 Å². The Morgan fingerprint density at radius 1 is 1.27 bits per heavy atom. The summed E-state index contributed by atoms with van der Waals surface area (Å²) in [6.07, 6.45) is -0.398. The molecule has 1 unspecified atom stereocenters. The van der Waals surface area contributed by atoms with Crippen molar-refractivity contribution < 1.29 is 5.11 Å². The minimum absolute atomic E-state index is 0.398. The lowest BCUT2D eigenvalue weighted by molar-refractivity contribution is 0.203. The fourth-order valence-corrected chi connectivity index (χ4v) is 2.37. The van der Waals surface area contributed by atoms with Crippen LogP contribution in [0.25, 0.3) is 10.4 Å². The van der Waals surface area contributed by atoms with E-state index in [1.165, 1.54) is 0 Å². The minimum atomic E-state index is -0.398. The topological polar surface area (TPSA) is 46.2 Å². The predicted molar refractivity (Wildman–Crippen MR) is 64.8 cm³/mol. The monoisotopic (exact) mass is 219 g/mol. The van der Waals surface area contributed by atoms with Crippen LogP contribution in [0.2, 0.25) is 0 Å². The fraction of sp³-hybridized carbons (Fsp3) is 0.167. The number of benzene rings is 1. The van der Waals surface area contributed by atoms with Crippen LogP contribution >= 0.6 is 11.3 Å². The number of hydrogen-bond donors (Lipinski definition) is 2. The molecule has 0 spiro atoms. The number of rotatable bonds is 2. The number of hydrogen-bond acceptors (Lipinski definition) is 3. The molecule has 2 rings (SSSR count). The Morgan fingerprint density at radius 3 is 2.67 bits per heavy atom. The molecule has 1 atom stereocenters. The van der Waals surface area contributed by atoms with Gasteiger partial charge < -0.3 is 10.8 Å². The molecular weight excluding hydrogens is 206 g/mol. The van der Waals surface area contributed by atoms with Crippen molar-refractivity contribution >= 4 is 17.0 Å². The van der Waals surface area contributed by atoms with Crippen molar-refractivity contribution in [2.24, 2.45) is 0 Å². The molecule has 15 heavy (non-hydrogen) atoms. The van der Waals surface area contributed by atoms with Crippen LogP contribution in [-0.2, 0) is 0 Å². The second kappa shape index (κ2) is 4.04. The average Bonchev–Trinajstić information content (AvgIpc) is 2.66. The second-order valence-corrected chi connectivity index (χ2v) is 4.62. The zero-order valence-corrected chi connectivity index (χ0v) is 9.29. The molecule has 2 nitrogen and oxygen atoms in total. The van der Waals surface area contributed by atoms with Crippen LogP contribution in [0.4, 0.5) is 5.69 Å². The molecule has 3 heteroatoms. The molecule has 1 aromatic carbocycles. The highest BCUT2D eigenvalue weighted by Crippen LogP contribution is 2.31. The summed E-state index contributed by atoms with van der Waals surface area (Å²) in [5, 5.41) is 9.42. The Hall–Kier alpha value is -1.32. The van der Waals surface area contributed by atoms with Gasteiger partial charge in [0, 0.05) is 15.4 Å². The summed E-state index contributed by atoms with van der Waals surface area (Å²) in [5.41, 5.74) is 7.58. The van der Waals surface area contributed by atoms with E-state index >= 15 is 0 Å². The Morgan fingerprint density at radius 2 is 2.07 bits per heavy atom. The van der Waals surface area contributed by atoms with E-state index in [0.29, 0.717) is 0 Å². The molecule has 0 saturated carbocycles. The molecule has 1 aromatic heterocycles. The maximum absolute atomic E-state index is 9.42. The van der Waals surface area contributed by atoms with E-state index in [1.54, 1.807) is 18.3 Å². The van der Waals surface area contributed by atoms with Crippen LogP contribution in [-0.4, -0.2) is 5.11 Å². The third-order valence-corrected chi connectivity index (χ3v) is 3.51. The quantitative estimate of drug-likeness (QED) is 0.762. The lowest BCUT2D eigenvalue weighted by Crippen LogP contribution is -1.84. The number of aliphatic hydroxyl groups is 1. The van der Waals surface area contributed by atoms with Crippen molar-refractivity contribution in [3.05, 3.63) is 41.3 Å². The van der Waals surface area contributed by atoms with Crippen molar-refractivity contribution in [3.63, 3.8) is 0 Å². The van der Waals surface area contributed by atoms with Crippen molar-refractivity contribution in [2.45, 2.75) is 13.0 Å². The SMILES string of the molecule is CC(O)c1ccc(-c2cccc(N)c2)s1. The highest BCUT2D eigenvalue weighted by Gasteiger charge is 2.06. The van der Waals surface area contributed by atoms with Gasteiger partial charge in [-0.15, -0.1) is 11.3 Å². The normalized spacial score (nSPS) is 12.7. The summed E-state index contributed by atoms with van der Waals surface area (Å²) in [5.74, 6) is 0. The van der Waals surface area contributed by atoms with Crippen LogP contribution in [0.1, 0.15) is 17.9 Å².